The molecule has 2 aromatic carbocycles. The lowest BCUT2D eigenvalue weighted by atomic mass is 10.0. The number of nitrogens with zero attached hydrogens (tertiary/aromatic N) is 4. The molecule has 0 atom stereocenters. The molecule has 38 heavy (non-hydrogen) atoms. The molecule has 0 spiro atoms. The van der Waals surface area contributed by atoms with E-state index in [1.54, 1.807) is 12.1 Å². The lowest BCUT2D eigenvalue weighted by Crippen LogP contribution is -2.45. The molecule has 8 nitrogen and oxygen atoms in total. The molecule has 0 aromatic heterocycles. The van der Waals surface area contributed by atoms with Crippen molar-refractivity contribution < 1.29 is 4.79 Å². The van der Waals surface area contributed by atoms with Crippen molar-refractivity contribution in [2.45, 2.75) is 12.8 Å². The molecule has 2 fully saturated rings. The van der Waals surface area contributed by atoms with Crippen molar-refractivity contribution >= 4 is 34.7 Å². The zero-order chi connectivity index (χ0) is 27.1. The van der Waals surface area contributed by atoms with E-state index in [4.69, 9.17) is 28.8 Å². The van der Waals surface area contributed by atoms with Crippen LogP contribution in [-0.2, 0) is 0 Å². The topological polar surface area (TPSA) is 117 Å². The summed E-state index contributed by atoms with van der Waals surface area (Å²) in [6.45, 7) is 6.90. The number of likely N-dealkylation sites (N-methyl/N-ethyl adjacent to an activating group) is 1. The Morgan fingerprint density at radius 3 is 2.16 bits per heavy atom. The number of piperazine rings is 1. The van der Waals surface area contributed by atoms with Crippen LogP contribution in [0.1, 0.15) is 34.3 Å². The number of halogens is 1. The number of carbonyl (C=O) groups is 1. The molecule has 0 radical (unpaired) electrons. The minimum Gasteiger partial charge on any atom is -0.398 e. The third kappa shape index (κ3) is 6.75. The van der Waals surface area contributed by atoms with Gasteiger partial charge in [-0.05, 0) is 43.1 Å². The van der Waals surface area contributed by atoms with E-state index in [0.717, 1.165) is 64.2 Å². The molecular formula is C29H38ClN7O. The summed E-state index contributed by atoms with van der Waals surface area (Å²) < 4.78 is 0. The molecule has 0 unspecified atom stereocenters. The molecule has 6 N–H and O–H groups in total. The fraction of sp³-hybridized carbons (Fsp3) is 0.379. The fourth-order valence-electron chi connectivity index (χ4n) is 4.78. The number of amides is 1. The largest absolute Gasteiger partial charge is 0.398 e. The van der Waals surface area contributed by atoms with E-state index in [2.05, 4.69) is 21.8 Å². The third-order valence-corrected chi connectivity index (χ3v) is 7.57. The zero-order valence-electron chi connectivity index (χ0n) is 22.1. The molecule has 2 aliphatic heterocycles. The van der Waals surface area contributed by atoms with Crippen molar-refractivity contribution in [3.8, 4) is 0 Å². The number of aliphatic imine (C=N–C) groups is 1. The van der Waals surface area contributed by atoms with Gasteiger partial charge in [0.15, 0.2) is 0 Å². The molecule has 2 aliphatic rings. The number of likely N-dealkylation sites (tertiary alicyclic amines) is 1. The van der Waals surface area contributed by atoms with Crippen molar-refractivity contribution in [2.75, 3.05) is 59.4 Å². The van der Waals surface area contributed by atoms with Crippen LogP contribution in [0.4, 0.5) is 0 Å². The van der Waals surface area contributed by atoms with Crippen LogP contribution in [0.15, 0.2) is 70.2 Å². The monoisotopic (exact) mass is 535 g/mol. The number of benzene rings is 2. The number of carbonyl (C=O) groups excluding carboxylic acids is 1. The van der Waals surface area contributed by atoms with Gasteiger partial charge in [-0.2, -0.15) is 0 Å². The highest BCUT2D eigenvalue weighted by atomic mass is 35.5. The summed E-state index contributed by atoms with van der Waals surface area (Å²) in [4.78, 5) is 24.2. The van der Waals surface area contributed by atoms with Gasteiger partial charge in [0.1, 0.15) is 5.84 Å². The Morgan fingerprint density at radius 1 is 0.842 bits per heavy atom. The Labute approximate surface area is 230 Å². The molecule has 2 heterocycles. The Balaban J connectivity index is 1.67. The van der Waals surface area contributed by atoms with Gasteiger partial charge in [-0.15, -0.1) is 0 Å². The molecule has 0 bridgehead atoms. The average Bonchev–Trinajstić information content (AvgIpc) is 3.49. The van der Waals surface area contributed by atoms with E-state index in [1.807, 2.05) is 47.4 Å². The van der Waals surface area contributed by atoms with Crippen molar-refractivity contribution in [3.63, 3.8) is 0 Å². The first-order valence-corrected chi connectivity index (χ1v) is 13.5. The highest BCUT2D eigenvalue weighted by Crippen LogP contribution is 2.29. The Kier molecular flexibility index (Phi) is 9.44. The number of nitrogens with two attached hydrogens (primary N) is 3. The number of rotatable bonds is 8. The molecule has 202 valence electrons. The highest BCUT2D eigenvalue weighted by Gasteiger charge is 2.22. The lowest BCUT2D eigenvalue weighted by molar-refractivity contribution is 0.0793. The van der Waals surface area contributed by atoms with Crippen LogP contribution in [0.5, 0.6) is 0 Å². The van der Waals surface area contributed by atoms with Gasteiger partial charge in [0.25, 0.3) is 5.91 Å². The third-order valence-electron chi connectivity index (χ3n) is 7.17. The van der Waals surface area contributed by atoms with Gasteiger partial charge < -0.3 is 27.0 Å². The van der Waals surface area contributed by atoms with Crippen LogP contribution in [0, 0.1) is 0 Å². The van der Waals surface area contributed by atoms with E-state index in [-0.39, 0.29) is 16.8 Å². The smallest absolute Gasteiger partial charge is 0.253 e. The molecule has 0 aliphatic carbocycles. The Bertz CT molecular complexity index is 1210. The molecule has 2 saturated heterocycles. The summed E-state index contributed by atoms with van der Waals surface area (Å²) in [5.41, 5.74) is 22.8. The van der Waals surface area contributed by atoms with E-state index in [1.165, 1.54) is 0 Å². The summed E-state index contributed by atoms with van der Waals surface area (Å²) >= 11 is 6.89. The number of amidine groups is 1. The minimum absolute atomic E-state index is 0.00189. The normalized spacial score (nSPS) is 18.8. The molecular weight excluding hydrogens is 498 g/mol. The number of hydrogen-bond donors (Lipinski definition) is 3. The molecule has 0 saturated carbocycles. The van der Waals surface area contributed by atoms with Crippen LogP contribution < -0.4 is 17.2 Å². The molecule has 4 rings (SSSR count). The first-order chi connectivity index (χ1) is 18.3. The van der Waals surface area contributed by atoms with Gasteiger partial charge >= 0.3 is 0 Å². The summed E-state index contributed by atoms with van der Waals surface area (Å²) in [7, 11) is 2.13. The van der Waals surface area contributed by atoms with Crippen molar-refractivity contribution in [1.29, 1.82) is 0 Å². The SMILES string of the molecule is CN1CCN(CCN=C(N)C(=C(N)c2cccc(C(=O)N3CCCC3)c2)/C(Cl)=C(\N)c2ccccc2)CC1. The molecule has 9 heteroatoms. The van der Waals surface area contributed by atoms with Gasteiger partial charge in [0.05, 0.1) is 28.5 Å². The predicted octanol–water partition coefficient (Wildman–Crippen LogP) is 2.76. The first kappa shape index (κ1) is 27.7. The fourth-order valence-corrected chi connectivity index (χ4v) is 5.08. The van der Waals surface area contributed by atoms with Gasteiger partial charge in [0.2, 0.25) is 0 Å². The number of hydrogen-bond acceptors (Lipinski definition) is 6. The second kappa shape index (κ2) is 13.0. The van der Waals surface area contributed by atoms with Crippen LogP contribution >= 0.6 is 11.6 Å². The van der Waals surface area contributed by atoms with Crippen molar-refractivity contribution in [1.82, 2.24) is 14.7 Å². The van der Waals surface area contributed by atoms with Crippen molar-refractivity contribution in [2.24, 2.45) is 22.2 Å². The second-order valence-electron chi connectivity index (χ2n) is 9.87. The quantitative estimate of drug-likeness (QED) is 0.272. The molecule has 2 aromatic rings. The summed E-state index contributed by atoms with van der Waals surface area (Å²) in [5, 5.41) is 0.228. The van der Waals surface area contributed by atoms with Crippen LogP contribution in [0.3, 0.4) is 0 Å². The van der Waals surface area contributed by atoms with E-state index < -0.39 is 0 Å². The van der Waals surface area contributed by atoms with Crippen LogP contribution in [-0.4, -0.2) is 85.8 Å². The Morgan fingerprint density at radius 2 is 1.47 bits per heavy atom. The van der Waals surface area contributed by atoms with Crippen LogP contribution in [0.2, 0.25) is 0 Å². The average molecular weight is 536 g/mol. The zero-order valence-corrected chi connectivity index (χ0v) is 22.8. The maximum Gasteiger partial charge on any atom is 0.253 e. The Hall–Kier alpha value is -3.33. The van der Waals surface area contributed by atoms with E-state index >= 15 is 0 Å². The van der Waals surface area contributed by atoms with Gasteiger partial charge in [-0.25, -0.2) is 0 Å². The highest BCUT2D eigenvalue weighted by molar-refractivity contribution is 6.39. The second-order valence-corrected chi connectivity index (χ2v) is 10.3. The lowest BCUT2D eigenvalue weighted by Gasteiger charge is -2.31. The van der Waals surface area contributed by atoms with Crippen molar-refractivity contribution in [3.05, 3.63) is 81.9 Å². The van der Waals surface area contributed by atoms with Gasteiger partial charge in [-0.1, -0.05) is 54.1 Å². The van der Waals surface area contributed by atoms with Gasteiger partial charge in [-0.3, -0.25) is 14.7 Å². The minimum atomic E-state index is -0.00189. The van der Waals surface area contributed by atoms with E-state index in [9.17, 15) is 4.79 Å². The maximum atomic E-state index is 13.0. The van der Waals surface area contributed by atoms with Gasteiger partial charge in [0, 0.05) is 51.4 Å². The summed E-state index contributed by atoms with van der Waals surface area (Å²) in [6, 6.07) is 16.7. The maximum absolute atomic E-state index is 13.0. The first-order valence-electron chi connectivity index (χ1n) is 13.2. The molecule has 1 amide bonds. The van der Waals surface area contributed by atoms with Crippen LogP contribution in [0.25, 0.3) is 11.4 Å². The van der Waals surface area contributed by atoms with E-state index in [0.29, 0.717) is 34.6 Å². The summed E-state index contributed by atoms with van der Waals surface area (Å²) in [6.07, 6.45) is 2.05. The predicted molar refractivity (Wildman–Crippen MR) is 157 cm³/mol. The summed E-state index contributed by atoms with van der Waals surface area (Å²) in [5.74, 6) is 0.217. The standard InChI is InChI=1S/C29H38ClN7O/c1-35-16-18-36(19-17-35)15-12-34-28(33)24(25(30)27(32)21-8-3-2-4-9-21)26(31)22-10-7-11-23(20-22)29(38)37-13-5-6-14-37/h2-4,7-11,20H,5-6,12-19,31-32H2,1H3,(H2,33,34)/b26-24?,27-25+.